The number of carbonyl (C=O) groups excluding carboxylic acids is 2. The average Bonchev–Trinajstić information content (AvgIpc) is 3.12. The van der Waals surface area contributed by atoms with Gasteiger partial charge in [0.15, 0.2) is 5.69 Å². The van der Waals surface area contributed by atoms with Gasteiger partial charge in [-0.05, 0) is 30.2 Å². The molecule has 2 amide bonds. The topological polar surface area (TPSA) is 84.2 Å². The number of aryl methyl sites for hydroxylation is 1. The highest BCUT2D eigenvalue weighted by Gasteiger charge is 2.21. The first-order valence-electron chi connectivity index (χ1n) is 8.66. The van der Waals surface area contributed by atoms with Crippen molar-refractivity contribution in [1.29, 1.82) is 0 Å². The van der Waals surface area contributed by atoms with Crippen LogP contribution in [0, 0.1) is 6.92 Å². The predicted molar refractivity (Wildman–Crippen MR) is 102 cm³/mol. The van der Waals surface area contributed by atoms with Crippen molar-refractivity contribution in [3.63, 3.8) is 0 Å². The van der Waals surface area contributed by atoms with Crippen molar-refractivity contribution in [2.24, 2.45) is 0 Å². The molecule has 1 aromatic heterocycles. The number of carbonyl (C=O) groups is 2. The van der Waals surface area contributed by atoms with Crippen molar-refractivity contribution in [2.75, 3.05) is 5.32 Å². The molecule has 27 heavy (non-hydrogen) atoms. The number of rotatable bonds is 6. The van der Waals surface area contributed by atoms with Crippen LogP contribution in [-0.2, 0) is 11.2 Å². The van der Waals surface area contributed by atoms with Gasteiger partial charge in [-0.25, -0.2) is 4.98 Å². The van der Waals surface area contributed by atoms with E-state index in [1.807, 2.05) is 55.5 Å². The van der Waals surface area contributed by atoms with Crippen LogP contribution in [-0.4, -0.2) is 16.8 Å². The van der Waals surface area contributed by atoms with Crippen LogP contribution in [0.15, 0.2) is 65.3 Å². The zero-order valence-electron chi connectivity index (χ0n) is 15.2. The van der Waals surface area contributed by atoms with Crippen molar-refractivity contribution in [3.05, 3.63) is 83.6 Å². The van der Waals surface area contributed by atoms with E-state index in [9.17, 15) is 9.59 Å². The Morgan fingerprint density at radius 1 is 1.11 bits per heavy atom. The molecule has 0 aliphatic carbocycles. The van der Waals surface area contributed by atoms with E-state index in [2.05, 4.69) is 15.6 Å². The van der Waals surface area contributed by atoms with Gasteiger partial charge >= 0.3 is 0 Å². The number of amides is 2. The van der Waals surface area contributed by atoms with Crippen LogP contribution in [0.25, 0.3) is 0 Å². The van der Waals surface area contributed by atoms with Crippen LogP contribution < -0.4 is 10.6 Å². The minimum absolute atomic E-state index is 0.162. The summed E-state index contributed by atoms with van der Waals surface area (Å²) < 4.78 is 5.50. The third-order valence-corrected chi connectivity index (χ3v) is 3.99. The van der Waals surface area contributed by atoms with E-state index in [1.165, 1.54) is 13.2 Å². The molecule has 6 heteroatoms. The fraction of sp³-hybridized carbons (Fsp3) is 0.190. The van der Waals surface area contributed by atoms with E-state index in [1.54, 1.807) is 6.07 Å². The molecule has 138 valence electrons. The van der Waals surface area contributed by atoms with Gasteiger partial charge in [0.1, 0.15) is 12.3 Å². The molecule has 0 saturated carbocycles. The molecule has 2 N–H and O–H groups in total. The van der Waals surface area contributed by atoms with Crippen molar-refractivity contribution in [3.8, 4) is 0 Å². The van der Waals surface area contributed by atoms with E-state index in [0.717, 1.165) is 11.1 Å². The van der Waals surface area contributed by atoms with Gasteiger partial charge in [-0.3, -0.25) is 9.59 Å². The van der Waals surface area contributed by atoms with Crippen LogP contribution in [0.4, 0.5) is 5.69 Å². The Bertz CT molecular complexity index is 935. The number of oxazole rings is 1. The lowest BCUT2D eigenvalue weighted by atomic mass is 10.1. The highest BCUT2D eigenvalue weighted by Crippen LogP contribution is 2.19. The molecule has 0 fully saturated rings. The number of hydrogen-bond donors (Lipinski definition) is 2. The second-order valence-electron chi connectivity index (χ2n) is 6.34. The zero-order chi connectivity index (χ0) is 19.2. The zero-order valence-corrected chi connectivity index (χ0v) is 15.2. The first-order chi connectivity index (χ1) is 13.0. The maximum atomic E-state index is 12.4. The molecule has 6 nitrogen and oxygen atoms in total. The van der Waals surface area contributed by atoms with E-state index in [4.69, 9.17) is 4.42 Å². The van der Waals surface area contributed by atoms with Gasteiger partial charge in [0, 0.05) is 19.0 Å². The monoisotopic (exact) mass is 363 g/mol. The third kappa shape index (κ3) is 5.04. The molecule has 0 unspecified atom stereocenters. The fourth-order valence-electron chi connectivity index (χ4n) is 2.77. The Hall–Kier alpha value is -3.41. The lowest BCUT2D eigenvalue weighted by Gasteiger charge is -2.14. The van der Waals surface area contributed by atoms with Crippen LogP contribution in [0.5, 0.6) is 0 Å². The molecule has 0 saturated heterocycles. The summed E-state index contributed by atoms with van der Waals surface area (Å²) in [5.74, 6) is -0.264. The third-order valence-electron chi connectivity index (χ3n) is 3.99. The Morgan fingerprint density at radius 2 is 1.89 bits per heavy atom. The number of hydrogen-bond acceptors (Lipinski definition) is 4. The van der Waals surface area contributed by atoms with Crippen LogP contribution in [0.3, 0.4) is 0 Å². The first kappa shape index (κ1) is 18.4. The second-order valence-corrected chi connectivity index (χ2v) is 6.34. The molecule has 0 spiro atoms. The SMILES string of the molecule is CC(=O)N[C@H](Cc1ccccc1)c1nc(C(=O)Nc2cccc(C)c2)co1. The number of nitrogens with one attached hydrogen (secondary N) is 2. The largest absolute Gasteiger partial charge is 0.446 e. The maximum absolute atomic E-state index is 12.4. The Morgan fingerprint density at radius 3 is 2.59 bits per heavy atom. The molecular weight excluding hydrogens is 342 g/mol. The maximum Gasteiger partial charge on any atom is 0.277 e. The predicted octanol–water partition coefficient (Wildman–Crippen LogP) is 3.66. The summed E-state index contributed by atoms with van der Waals surface area (Å²) in [6.07, 6.45) is 1.82. The lowest BCUT2D eigenvalue weighted by Crippen LogP contribution is -2.28. The number of anilines is 1. The Balaban J connectivity index is 1.76. The second kappa shape index (κ2) is 8.31. The van der Waals surface area contributed by atoms with Crippen molar-refractivity contribution >= 4 is 17.5 Å². The summed E-state index contributed by atoms with van der Waals surface area (Å²) >= 11 is 0. The summed E-state index contributed by atoms with van der Waals surface area (Å²) in [6.45, 7) is 3.39. The molecule has 3 rings (SSSR count). The summed E-state index contributed by atoms with van der Waals surface area (Å²) in [6, 6.07) is 16.7. The van der Waals surface area contributed by atoms with Crippen LogP contribution in [0.1, 0.15) is 40.5 Å². The Labute approximate surface area is 157 Å². The van der Waals surface area contributed by atoms with E-state index >= 15 is 0 Å². The standard InChI is InChI=1S/C21H21N3O3/c1-14-7-6-10-17(11-14)23-20(26)19-13-27-21(24-19)18(22-15(2)25)12-16-8-4-3-5-9-16/h3-11,13,18H,12H2,1-2H3,(H,22,25)(H,23,26)/t18-/m1/s1. The quantitative estimate of drug-likeness (QED) is 0.700. The van der Waals surface area contributed by atoms with E-state index in [0.29, 0.717) is 18.0 Å². The van der Waals surface area contributed by atoms with Crippen LogP contribution >= 0.6 is 0 Å². The highest BCUT2D eigenvalue weighted by atomic mass is 16.3. The van der Waals surface area contributed by atoms with Crippen molar-refractivity contribution in [2.45, 2.75) is 26.3 Å². The molecule has 0 radical (unpaired) electrons. The van der Waals surface area contributed by atoms with E-state index in [-0.39, 0.29) is 17.5 Å². The summed E-state index contributed by atoms with van der Waals surface area (Å²) in [4.78, 5) is 28.3. The molecular formula is C21H21N3O3. The van der Waals surface area contributed by atoms with Gasteiger partial charge in [-0.15, -0.1) is 0 Å². The number of nitrogens with zero attached hydrogens (tertiary/aromatic N) is 1. The lowest BCUT2D eigenvalue weighted by molar-refractivity contribution is -0.119. The van der Waals surface area contributed by atoms with Gasteiger partial charge in [0.25, 0.3) is 5.91 Å². The first-order valence-corrected chi connectivity index (χ1v) is 8.66. The fourth-order valence-corrected chi connectivity index (χ4v) is 2.77. The molecule has 3 aromatic rings. The van der Waals surface area contributed by atoms with Gasteiger partial charge in [-0.2, -0.15) is 0 Å². The van der Waals surface area contributed by atoms with Gasteiger partial charge in [-0.1, -0.05) is 42.5 Å². The molecule has 0 aliphatic heterocycles. The minimum Gasteiger partial charge on any atom is -0.446 e. The van der Waals surface area contributed by atoms with Crippen molar-refractivity contribution < 1.29 is 14.0 Å². The highest BCUT2D eigenvalue weighted by molar-refractivity contribution is 6.02. The molecule has 2 aromatic carbocycles. The molecule has 0 bridgehead atoms. The summed E-state index contributed by atoms with van der Waals surface area (Å²) in [5.41, 5.74) is 2.92. The number of aromatic nitrogens is 1. The minimum atomic E-state index is -0.453. The number of benzene rings is 2. The van der Waals surface area contributed by atoms with Gasteiger partial charge in [0.2, 0.25) is 11.8 Å². The smallest absolute Gasteiger partial charge is 0.277 e. The normalized spacial score (nSPS) is 11.6. The molecule has 1 atom stereocenters. The molecule has 1 heterocycles. The summed E-state index contributed by atoms with van der Waals surface area (Å²) in [7, 11) is 0. The van der Waals surface area contributed by atoms with Gasteiger partial charge < -0.3 is 15.1 Å². The average molecular weight is 363 g/mol. The van der Waals surface area contributed by atoms with Crippen LogP contribution in [0.2, 0.25) is 0 Å². The Kier molecular flexibility index (Phi) is 5.66. The van der Waals surface area contributed by atoms with E-state index < -0.39 is 6.04 Å². The van der Waals surface area contributed by atoms with Crippen molar-refractivity contribution in [1.82, 2.24) is 10.3 Å². The summed E-state index contributed by atoms with van der Waals surface area (Å²) in [5, 5.41) is 5.62. The van der Waals surface area contributed by atoms with Gasteiger partial charge in [0.05, 0.1) is 0 Å². The molecule has 0 aliphatic rings.